The fourth-order valence-corrected chi connectivity index (χ4v) is 1.57. The fraction of sp³-hybridized carbons (Fsp3) is 0.250. The number of nitrogens with zero attached hydrogens (tertiary/aromatic N) is 2. The van der Waals surface area contributed by atoms with E-state index in [0.29, 0.717) is 12.4 Å². The molecule has 0 bridgehead atoms. The smallest absolute Gasteiger partial charge is 0.295 e. The van der Waals surface area contributed by atoms with E-state index in [9.17, 15) is 4.79 Å². The van der Waals surface area contributed by atoms with Crippen LogP contribution < -0.4 is 15.6 Å². The van der Waals surface area contributed by atoms with Crippen molar-refractivity contribution in [3.63, 3.8) is 0 Å². The average Bonchev–Trinajstić information content (AvgIpc) is 2.36. The van der Waals surface area contributed by atoms with Crippen molar-refractivity contribution in [3.05, 3.63) is 46.3 Å². The monoisotopic (exact) mass is 246 g/mol. The normalized spacial score (nSPS) is 10.1. The van der Waals surface area contributed by atoms with Crippen LogP contribution in [0.2, 0.25) is 0 Å². The van der Waals surface area contributed by atoms with Gasteiger partial charge >= 0.3 is 0 Å². The number of aromatic nitrogens is 3. The number of pyridine rings is 1. The zero-order chi connectivity index (χ0) is 13.0. The molecular formula is C12H14N4O2. The van der Waals surface area contributed by atoms with Gasteiger partial charge in [-0.3, -0.25) is 9.78 Å². The Morgan fingerprint density at radius 2 is 2.28 bits per heavy atom. The maximum absolute atomic E-state index is 11.5. The quantitative estimate of drug-likeness (QED) is 0.844. The van der Waals surface area contributed by atoms with Crippen molar-refractivity contribution in [2.75, 3.05) is 12.4 Å². The molecule has 0 fully saturated rings. The summed E-state index contributed by atoms with van der Waals surface area (Å²) in [5.41, 5.74) is 1.51. The summed E-state index contributed by atoms with van der Waals surface area (Å²) in [6.45, 7) is 2.41. The molecule has 94 valence electrons. The standard InChI is InChI=1S/C12H14N4O2/c1-8-4-3-5-9(16-8)6-13-11-10(18-2)12(17)15-7-14-11/h3-5,7H,6H2,1-2H3,(H2,13,14,15,17). The minimum absolute atomic E-state index is 0.171. The summed E-state index contributed by atoms with van der Waals surface area (Å²) in [7, 11) is 1.43. The molecule has 0 amide bonds. The highest BCUT2D eigenvalue weighted by molar-refractivity contribution is 5.47. The Morgan fingerprint density at radius 1 is 1.44 bits per heavy atom. The molecule has 0 radical (unpaired) electrons. The van der Waals surface area contributed by atoms with Gasteiger partial charge < -0.3 is 15.0 Å². The number of hydrogen-bond donors (Lipinski definition) is 2. The highest BCUT2D eigenvalue weighted by Crippen LogP contribution is 2.15. The van der Waals surface area contributed by atoms with Crippen molar-refractivity contribution in [2.24, 2.45) is 0 Å². The first-order chi connectivity index (χ1) is 8.70. The van der Waals surface area contributed by atoms with Gasteiger partial charge in [0.1, 0.15) is 0 Å². The second-order valence-corrected chi connectivity index (χ2v) is 3.74. The van der Waals surface area contributed by atoms with Crippen LogP contribution in [0, 0.1) is 6.92 Å². The highest BCUT2D eigenvalue weighted by atomic mass is 16.5. The molecule has 0 aliphatic heterocycles. The molecule has 6 heteroatoms. The number of anilines is 1. The zero-order valence-electron chi connectivity index (χ0n) is 10.2. The molecule has 2 rings (SSSR count). The third-order valence-corrected chi connectivity index (χ3v) is 2.40. The molecule has 0 unspecified atom stereocenters. The first-order valence-corrected chi connectivity index (χ1v) is 5.49. The molecule has 0 saturated carbocycles. The Bertz CT molecular complexity index is 595. The SMILES string of the molecule is COc1c(NCc2cccc(C)n2)nc[nH]c1=O. The summed E-state index contributed by atoms with van der Waals surface area (Å²) in [4.78, 5) is 22.3. The summed E-state index contributed by atoms with van der Waals surface area (Å²) in [5.74, 6) is 0.578. The Morgan fingerprint density at radius 3 is 3.00 bits per heavy atom. The topological polar surface area (TPSA) is 79.9 Å². The van der Waals surface area contributed by atoms with Crippen molar-refractivity contribution in [1.82, 2.24) is 15.0 Å². The molecule has 2 heterocycles. The van der Waals surface area contributed by atoms with Crippen LogP contribution in [0.15, 0.2) is 29.3 Å². The lowest BCUT2D eigenvalue weighted by molar-refractivity contribution is 0.408. The molecule has 2 N–H and O–H groups in total. The van der Waals surface area contributed by atoms with Gasteiger partial charge in [-0.05, 0) is 19.1 Å². The highest BCUT2D eigenvalue weighted by Gasteiger charge is 2.08. The van der Waals surface area contributed by atoms with Crippen molar-refractivity contribution in [2.45, 2.75) is 13.5 Å². The van der Waals surface area contributed by atoms with Gasteiger partial charge in [-0.1, -0.05) is 6.07 Å². The fourth-order valence-electron chi connectivity index (χ4n) is 1.57. The van der Waals surface area contributed by atoms with Crippen LogP contribution in [0.3, 0.4) is 0 Å². The molecule has 6 nitrogen and oxygen atoms in total. The maximum Gasteiger partial charge on any atom is 0.295 e. The molecule has 0 spiro atoms. The Balaban J connectivity index is 2.16. The second-order valence-electron chi connectivity index (χ2n) is 3.74. The van der Waals surface area contributed by atoms with E-state index < -0.39 is 0 Å². The van der Waals surface area contributed by atoms with Gasteiger partial charge in [0.2, 0.25) is 5.75 Å². The van der Waals surface area contributed by atoms with Gasteiger partial charge in [0, 0.05) is 5.69 Å². The average molecular weight is 246 g/mol. The van der Waals surface area contributed by atoms with Crippen LogP contribution in [0.25, 0.3) is 0 Å². The van der Waals surface area contributed by atoms with Crippen LogP contribution in [0.5, 0.6) is 5.75 Å². The van der Waals surface area contributed by atoms with E-state index in [-0.39, 0.29) is 11.3 Å². The molecule has 0 aromatic carbocycles. The Kier molecular flexibility index (Phi) is 3.57. The summed E-state index contributed by atoms with van der Waals surface area (Å²) in [6.07, 6.45) is 1.33. The van der Waals surface area contributed by atoms with Crippen LogP contribution in [-0.2, 0) is 6.54 Å². The van der Waals surface area contributed by atoms with E-state index in [0.717, 1.165) is 11.4 Å². The van der Waals surface area contributed by atoms with Crippen LogP contribution >= 0.6 is 0 Å². The molecule has 0 aliphatic carbocycles. The second kappa shape index (κ2) is 5.31. The molecule has 2 aromatic heterocycles. The van der Waals surface area contributed by atoms with E-state index >= 15 is 0 Å². The number of H-pyrrole nitrogens is 1. The summed E-state index contributed by atoms with van der Waals surface area (Å²) in [5, 5.41) is 3.03. The Labute approximate surface area is 104 Å². The van der Waals surface area contributed by atoms with E-state index in [2.05, 4.69) is 20.3 Å². The first-order valence-electron chi connectivity index (χ1n) is 5.49. The lowest BCUT2D eigenvalue weighted by atomic mass is 10.3. The van der Waals surface area contributed by atoms with Gasteiger partial charge in [0.15, 0.2) is 5.82 Å². The molecule has 0 atom stereocenters. The number of methoxy groups -OCH3 is 1. The molecule has 2 aromatic rings. The molecule has 0 saturated heterocycles. The lowest BCUT2D eigenvalue weighted by Gasteiger charge is -2.08. The number of hydrogen-bond acceptors (Lipinski definition) is 5. The van der Waals surface area contributed by atoms with Gasteiger partial charge in [0.25, 0.3) is 5.56 Å². The first kappa shape index (κ1) is 12.1. The molecule has 0 aliphatic rings. The van der Waals surface area contributed by atoms with Gasteiger partial charge in [0.05, 0.1) is 25.7 Å². The summed E-state index contributed by atoms with van der Waals surface area (Å²) >= 11 is 0. The van der Waals surface area contributed by atoms with Crippen LogP contribution in [-0.4, -0.2) is 22.1 Å². The number of nitrogens with one attached hydrogen (secondary N) is 2. The Hall–Kier alpha value is -2.37. The van der Waals surface area contributed by atoms with Gasteiger partial charge in [-0.2, -0.15) is 0 Å². The predicted molar refractivity (Wildman–Crippen MR) is 67.7 cm³/mol. The van der Waals surface area contributed by atoms with Crippen molar-refractivity contribution in [3.8, 4) is 5.75 Å². The minimum Gasteiger partial charge on any atom is -0.489 e. The van der Waals surface area contributed by atoms with E-state index in [4.69, 9.17) is 4.74 Å². The van der Waals surface area contributed by atoms with Gasteiger partial charge in [-0.25, -0.2) is 4.98 Å². The summed E-state index contributed by atoms with van der Waals surface area (Å²) in [6, 6.07) is 5.76. The largest absolute Gasteiger partial charge is 0.489 e. The molecule has 18 heavy (non-hydrogen) atoms. The van der Waals surface area contributed by atoms with E-state index in [1.54, 1.807) is 0 Å². The van der Waals surface area contributed by atoms with Crippen molar-refractivity contribution < 1.29 is 4.74 Å². The van der Waals surface area contributed by atoms with Crippen molar-refractivity contribution >= 4 is 5.82 Å². The zero-order valence-corrected chi connectivity index (χ0v) is 10.2. The van der Waals surface area contributed by atoms with E-state index in [1.165, 1.54) is 13.4 Å². The van der Waals surface area contributed by atoms with Crippen LogP contribution in [0.1, 0.15) is 11.4 Å². The number of aryl methyl sites for hydroxylation is 1. The van der Waals surface area contributed by atoms with Crippen molar-refractivity contribution in [1.29, 1.82) is 0 Å². The van der Waals surface area contributed by atoms with E-state index in [1.807, 2.05) is 25.1 Å². The predicted octanol–water partition coefficient (Wildman–Crippen LogP) is 1.09. The van der Waals surface area contributed by atoms with Gasteiger partial charge in [-0.15, -0.1) is 0 Å². The maximum atomic E-state index is 11.5. The third-order valence-electron chi connectivity index (χ3n) is 2.40. The number of ether oxygens (including phenoxy) is 1. The lowest BCUT2D eigenvalue weighted by Crippen LogP contribution is -2.14. The van der Waals surface area contributed by atoms with Crippen LogP contribution in [0.4, 0.5) is 5.82 Å². The minimum atomic E-state index is -0.313. The number of rotatable bonds is 4. The number of aromatic amines is 1. The third kappa shape index (κ3) is 2.65. The summed E-state index contributed by atoms with van der Waals surface area (Å²) < 4.78 is 5.00. The molecular weight excluding hydrogens is 232 g/mol.